The maximum Gasteiger partial charge on any atom is 0.108 e. The van der Waals surface area contributed by atoms with E-state index in [1.807, 2.05) is 6.07 Å². The molecule has 0 amide bonds. The van der Waals surface area contributed by atoms with Crippen LogP contribution in [-0.2, 0) is 12.8 Å². The van der Waals surface area contributed by atoms with Crippen LogP contribution in [0.2, 0.25) is 0 Å². The highest BCUT2D eigenvalue weighted by Gasteiger charge is 2.23. The molecule has 2 nitrogen and oxygen atoms in total. The number of hydrogen-bond donors (Lipinski definition) is 1. The first-order valence-electron chi connectivity index (χ1n) is 7.69. The van der Waals surface area contributed by atoms with Gasteiger partial charge in [-0.05, 0) is 48.8 Å². The Labute approximate surface area is 121 Å². The molecule has 1 heterocycles. The second-order valence-corrected chi connectivity index (χ2v) is 5.78. The Morgan fingerprint density at radius 1 is 1.30 bits per heavy atom. The molecule has 0 saturated heterocycles. The molecule has 20 heavy (non-hydrogen) atoms. The lowest BCUT2D eigenvalue weighted by Gasteiger charge is -2.27. The van der Waals surface area contributed by atoms with E-state index in [1.165, 1.54) is 36.0 Å². The van der Waals surface area contributed by atoms with Crippen LogP contribution in [0.25, 0.3) is 0 Å². The predicted molar refractivity (Wildman–Crippen MR) is 81.8 cm³/mol. The fraction of sp³-hybridized carbons (Fsp3) is 0.444. The molecule has 0 radical (unpaired) electrons. The first kappa shape index (κ1) is 13.4. The van der Waals surface area contributed by atoms with Gasteiger partial charge in [-0.2, -0.15) is 0 Å². The molecule has 2 N–H and O–H groups in total. The van der Waals surface area contributed by atoms with Crippen LogP contribution in [0.15, 0.2) is 41.0 Å². The Morgan fingerprint density at radius 2 is 2.15 bits per heavy atom. The minimum Gasteiger partial charge on any atom is -0.469 e. The molecule has 3 rings (SSSR count). The van der Waals surface area contributed by atoms with Gasteiger partial charge < -0.3 is 10.2 Å². The third kappa shape index (κ3) is 2.53. The number of aryl methyl sites for hydroxylation is 2. The predicted octanol–water partition coefficient (Wildman–Crippen LogP) is 4.35. The second kappa shape index (κ2) is 5.84. The summed E-state index contributed by atoms with van der Waals surface area (Å²) < 4.78 is 5.51. The Kier molecular flexibility index (Phi) is 3.93. The number of hydrogen-bond acceptors (Lipinski definition) is 2. The summed E-state index contributed by atoms with van der Waals surface area (Å²) in [5, 5.41) is 0. The summed E-state index contributed by atoms with van der Waals surface area (Å²) in [4.78, 5) is 0. The van der Waals surface area contributed by atoms with Gasteiger partial charge >= 0.3 is 0 Å². The van der Waals surface area contributed by atoms with Gasteiger partial charge in [0.15, 0.2) is 0 Å². The number of nitrogens with two attached hydrogens (primary N) is 1. The first-order chi connectivity index (χ1) is 9.79. The van der Waals surface area contributed by atoms with Crippen molar-refractivity contribution >= 4 is 0 Å². The van der Waals surface area contributed by atoms with Crippen molar-refractivity contribution in [1.29, 1.82) is 0 Å². The largest absolute Gasteiger partial charge is 0.469 e. The molecule has 0 aliphatic heterocycles. The van der Waals surface area contributed by atoms with E-state index in [2.05, 4.69) is 31.2 Å². The quantitative estimate of drug-likeness (QED) is 0.896. The van der Waals surface area contributed by atoms with E-state index in [4.69, 9.17) is 10.2 Å². The van der Waals surface area contributed by atoms with Crippen molar-refractivity contribution in [3.8, 4) is 0 Å². The third-order valence-corrected chi connectivity index (χ3v) is 4.53. The van der Waals surface area contributed by atoms with Crippen molar-refractivity contribution in [1.82, 2.24) is 0 Å². The van der Waals surface area contributed by atoms with Gasteiger partial charge in [-0.3, -0.25) is 0 Å². The lowest BCUT2D eigenvalue weighted by Crippen LogP contribution is -2.18. The van der Waals surface area contributed by atoms with Gasteiger partial charge in [-0.1, -0.05) is 31.2 Å². The number of benzene rings is 1. The minimum atomic E-state index is 0.0832. The smallest absolute Gasteiger partial charge is 0.108 e. The van der Waals surface area contributed by atoms with Gasteiger partial charge in [0.1, 0.15) is 5.76 Å². The van der Waals surface area contributed by atoms with E-state index in [1.54, 1.807) is 6.26 Å². The van der Waals surface area contributed by atoms with Crippen molar-refractivity contribution in [2.75, 3.05) is 0 Å². The molecule has 2 heteroatoms. The van der Waals surface area contributed by atoms with Gasteiger partial charge in [0.2, 0.25) is 0 Å². The summed E-state index contributed by atoms with van der Waals surface area (Å²) in [6.07, 6.45) is 7.45. The Hall–Kier alpha value is -1.54. The fourth-order valence-corrected chi connectivity index (χ4v) is 3.50. The topological polar surface area (TPSA) is 39.2 Å². The Balaban J connectivity index is 1.79. The van der Waals surface area contributed by atoms with Gasteiger partial charge in [0, 0.05) is 18.0 Å². The van der Waals surface area contributed by atoms with Crippen molar-refractivity contribution in [2.24, 2.45) is 5.73 Å². The fourth-order valence-electron chi connectivity index (χ4n) is 3.50. The van der Waals surface area contributed by atoms with E-state index in [0.29, 0.717) is 5.92 Å². The summed E-state index contributed by atoms with van der Waals surface area (Å²) in [6.45, 7) is 2.12. The zero-order chi connectivity index (χ0) is 13.9. The van der Waals surface area contributed by atoms with E-state index in [-0.39, 0.29) is 6.04 Å². The molecule has 0 spiro atoms. The Morgan fingerprint density at radius 3 is 3.00 bits per heavy atom. The van der Waals surface area contributed by atoms with Crippen molar-refractivity contribution in [3.05, 3.63) is 59.0 Å². The zero-order valence-electron chi connectivity index (χ0n) is 12.1. The molecule has 1 aromatic heterocycles. The highest BCUT2D eigenvalue weighted by molar-refractivity contribution is 5.33. The van der Waals surface area contributed by atoms with Crippen LogP contribution in [0.5, 0.6) is 0 Å². The van der Waals surface area contributed by atoms with Crippen LogP contribution in [-0.4, -0.2) is 0 Å². The Bertz CT molecular complexity index is 572. The van der Waals surface area contributed by atoms with Crippen LogP contribution in [0.3, 0.4) is 0 Å². The molecule has 1 aliphatic rings. The molecular weight excluding hydrogens is 246 g/mol. The molecule has 2 aromatic rings. The molecule has 2 unspecified atom stereocenters. The minimum absolute atomic E-state index is 0.0832. The molecule has 0 bridgehead atoms. The first-order valence-corrected chi connectivity index (χ1v) is 7.69. The average molecular weight is 269 g/mol. The van der Waals surface area contributed by atoms with Gasteiger partial charge in [-0.15, -0.1) is 0 Å². The standard InChI is InChI=1S/C18H23NO/c1-2-18-16(10-11-20-18)17(19)12-14-8-5-7-13-6-3-4-9-15(13)14/h3-4,6,9-11,14,17H,2,5,7-8,12,19H2,1H3. The number of fused-ring (bicyclic) bond motifs is 1. The number of furan rings is 1. The van der Waals surface area contributed by atoms with E-state index in [9.17, 15) is 0 Å². The molecule has 0 saturated carbocycles. The summed E-state index contributed by atoms with van der Waals surface area (Å²) in [6, 6.07) is 11.0. The molecule has 106 valence electrons. The summed E-state index contributed by atoms with van der Waals surface area (Å²) in [7, 11) is 0. The number of rotatable bonds is 4. The summed E-state index contributed by atoms with van der Waals surface area (Å²) in [5.74, 6) is 1.64. The van der Waals surface area contributed by atoms with E-state index >= 15 is 0 Å². The maximum atomic E-state index is 6.44. The molecule has 1 aromatic carbocycles. The monoisotopic (exact) mass is 269 g/mol. The lowest BCUT2D eigenvalue weighted by molar-refractivity contribution is 0.462. The van der Waals surface area contributed by atoms with Crippen LogP contribution in [0, 0.1) is 0 Å². The van der Waals surface area contributed by atoms with Crippen molar-refractivity contribution in [2.45, 2.75) is 51.0 Å². The van der Waals surface area contributed by atoms with Gasteiger partial charge in [-0.25, -0.2) is 0 Å². The van der Waals surface area contributed by atoms with E-state index in [0.717, 1.165) is 18.6 Å². The van der Waals surface area contributed by atoms with Crippen molar-refractivity contribution < 1.29 is 4.42 Å². The van der Waals surface area contributed by atoms with Crippen LogP contribution in [0.4, 0.5) is 0 Å². The zero-order valence-corrected chi connectivity index (χ0v) is 12.1. The third-order valence-electron chi connectivity index (χ3n) is 4.53. The molecule has 0 fully saturated rings. The molecule has 2 atom stereocenters. The lowest BCUT2D eigenvalue weighted by atomic mass is 9.79. The van der Waals surface area contributed by atoms with E-state index < -0.39 is 0 Å². The van der Waals surface area contributed by atoms with Crippen LogP contribution in [0.1, 0.15) is 60.6 Å². The second-order valence-electron chi connectivity index (χ2n) is 5.78. The maximum absolute atomic E-state index is 6.44. The van der Waals surface area contributed by atoms with Gasteiger partial charge in [0.25, 0.3) is 0 Å². The average Bonchev–Trinajstić information content (AvgIpc) is 2.96. The van der Waals surface area contributed by atoms with Crippen molar-refractivity contribution in [3.63, 3.8) is 0 Å². The van der Waals surface area contributed by atoms with Gasteiger partial charge in [0.05, 0.1) is 6.26 Å². The molecule has 1 aliphatic carbocycles. The normalized spacial score (nSPS) is 19.6. The highest BCUT2D eigenvalue weighted by atomic mass is 16.3. The SMILES string of the molecule is CCc1occc1C(N)CC1CCCc2ccccc21. The summed E-state index contributed by atoms with van der Waals surface area (Å²) >= 11 is 0. The van der Waals surface area contributed by atoms with Crippen LogP contribution < -0.4 is 5.73 Å². The molecular formula is C18H23NO. The highest BCUT2D eigenvalue weighted by Crippen LogP contribution is 2.37. The van der Waals surface area contributed by atoms with Crippen LogP contribution >= 0.6 is 0 Å². The summed E-state index contributed by atoms with van der Waals surface area (Å²) in [5.41, 5.74) is 10.7.